The number of benzene rings is 1. The lowest BCUT2D eigenvalue weighted by Crippen LogP contribution is -2.18. The predicted octanol–water partition coefficient (Wildman–Crippen LogP) is 0.901. The number of rotatable bonds is 3. The molecule has 0 aliphatic carbocycles. The minimum absolute atomic E-state index is 0.240. The van der Waals surface area contributed by atoms with Gasteiger partial charge in [-0.1, -0.05) is 24.3 Å². The normalized spacial score (nSPS) is 10.6. The molecule has 4 N–H and O–H groups in total. The standard InChI is InChI=1S/C13H13N7O/c1-20-13(15-7-16-20)18-12(21)10-6-8-4-2-3-5-9(8)11(17-10)19-14/h2-7H,14H2,1H3,(H,17,19)(H,15,16,18,21). The van der Waals surface area contributed by atoms with E-state index in [9.17, 15) is 4.79 Å². The van der Waals surface area contributed by atoms with Crippen molar-refractivity contribution in [2.75, 3.05) is 10.7 Å². The molecule has 3 rings (SSSR count). The summed E-state index contributed by atoms with van der Waals surface area (Å²) in [4.78, 5) is 20.4. The van der Waals surface area contributed by atoms with Crippen molar-refractivity contribution in [1.29, 1.82) is 0 Å². The third kappa shape index (κ3) is 2.39. The lowest BCUT2D eigenvalue weighted by molar-refractivity contribution is 0.102. The zero-order valence-corrected chi connectivity index (χ0v) is 11.2. The number of nitrogens with two attached hydrogens (primary N) is 1. The van der Waals surface area contributed by atoms with Gasteiger partial charge in [0.1, 0.15) is 17.8 Å². The molecule has 21 heavy (non-hydrogen) atoms. The monoisotopic (exact) mass is 283 g/mol. The van der Waals surface area contributed by atoms with Gasteiger partial charge in [0, 0.05) is 12.4 Å². The number of aryl methyl sites for hydroxylation is 1. The SMILES string of the molecule is Cn1ncnc1NC(=O)c1cc2ccccc2c(NN)n1. The topological polar surface area (TPSA) is 111 Å². The minimum Gasteiger partial charge on any atom is -0.308 e. The lowest BCUT2D eigenvalue weighted by atomic mass is 10.1. The number of hydrogen-bond donors (Lipinski definition) is 3. The van der Waals surface area contributed by atoms with E-state index in [1.165, 1.54) is 11.0 Å². The number of pyridine rings is 1. The van der Waals surface area contributed by atoms with Gasteiger partial charge < -0.3 is 5.43 Å². The van der Waals surface area contributed by atoms with Crippen LogP contribution < -0.4 is 16.6 Å². The Balaban J connectivity index is 2.00. The molecule has 0 aliphatic heterocycles. The quantitative estimate of drug-likeness (QED) is 0.486. The van der Waals surface area contributed by atoms with E-state index >= 15 is 0 Å². The molecule has 0 fully saturated rings. The van der Waals surface area contributed by atoms with Crippen molar-refractivity contribution in [1.82, 2.24) is 19.7 Å². The predicted molar refractivity (Wildman–Crippen MR) is 78.5 cm³/mol. The van der Waals surface area contributed by atoms with Crippen molar-refractivity contribution < 1.29 is 4.79 Å². The summed E-state index contributed by atoms with van der Waals surface area (Å²) in [5.74, 6) is 5.88. The number of hydrogen-bond acceptors (Lipinski definition) is 6. The molecule has 0 spiro atoms. The molecule has 1 amide bonds. The molecule has 3 aromatic rings. The Morgan fingerprint density at radius 2 is 2.14 bits per heavy atom. The number of fused-ring (bicyclic) bond motifs is 1. The van der Waals surface area contributed by atoms with E-state index in [4.69, 9.17) is 5.84 Å². The number of nitrogen functional groups attached to an aromatic ring is 1. The highest BCUT2D eigenvalue weighted by Gasteiger charge is 2.13. The second-order valence-electron chi connectivity index (χ2n) is 4.38. The highest BCUT2D eigenvalue weighted by molar-refractivity contribution is 6.05. The number of carbonyl (C=O) groups is 1. The molecule has 8 nitrogen and oxygen atoms in total. The Kier molecular flexibility index (Phi) is 3.20. The summed E-state index contributed by atoms with van der Waals surface area (Å²) in [5, 5.41) is 8.23. The Morgan fingerprint density at radius 1 is 1.33 bits per heavy atom. The van der Waals surface area contributed by atoms with Gasteiger partial charge in [0.2, 0.25) is 5.95 Å². The van der Waals surface area contributed by atoms with E-state index in [0.29, 0.717) is 11.8 Å². The molecule has 0 atom stereocenters. The number of amides is 1. The summed E-state index contributed by atoms with van der Waals surface area (Å²) in [6.07, 6.45) is 1.36. The molecule has 0 aliphatic rings. The Bertz CT molecular complexity index is 811. The van der Waals surface area contributed by atoms with Crippen LogP contribution >= 0.6 is 0 Å². The van der Waals surface area contributed by atoms with Gasteiger partial charge in [-0.3, -0.25) is 10.1 Å². The van der Waals surface area contributed by atoms with Crippen molar-refractivity contribution in [3.63, 3.8) is 0 Å². The fourth-order valence-corrected chi connectivity index (χ4v) is 2.00. The highest BCUT2D eigenvalue weighted by Crippen LogP contribution is 2.22. The number of aromatic nitrogens is 4. The first kappa shape index (κ1) is 13.0. The molecule has 106 valence electrons. The van der Waals surface area contributed by atoms with Crippen molar-refractivity contribution in [3.05, 3.63) is 42.4 Å². The molecule has 0 unspecified atom stereocenters. The second kappa shape index (κ2) is 5.17. The van der Waals surface area contributed by atoms with Crippen molar-refractivity contribution >= 4 is 28.4 Å². The van der Waals surface area contributed by atoms with Crippen LogP contribution in [0.2, 0.25) is 0 Å². The maximum absolute atomic E-state index is 12.3. The maximum Gasteiger partial charge on any atom is 0.276 e. The average molecular weight is 283 g/mol. The first-order valence-corrected chi connectivity index (χ1v) is 6.21. The van der Waals surface area contributed by atoms with E-state index in [-0.39, 0.29) is 11.6 Å². The zero-order chi connectivity index (χ0) is 14.8. The first-order valence-electron chi connectivity index (χ1n) is 6.21. The summed E-state index contributed by atoms with van der Waals surface area (Å²) in [7, 11) is 1.68. The number of hydrazine groups is 1. The van der Waals surface area contributed by atoms with Gasteiger partial charge in [0.15, 0.2) is 0 Å². The average Bonchev–Trinajstić information content (AvgIpc) is 2.91. The third-order valence-electron chi connectivity index (χ3n) is 3.05. The summed E-state index contributed by atoms with van der Waals surface area (Å²) in [6, 6.07) is 9.22. The molecule has 0 saturated heterocycles. The van der Waals surface area contributed by atoms with Crippen LogP contribution in [0.3, 0.4) is 0 Å². The summed E-state index contributed by atoms with van der Waals surface area (Å²) in [6.45, 7) is 0. The van der Waals surface area contributed by atoms with Crippen molar-refractivity contribution in [2.24, 2.45) is 12.9 Å². The van der Waals surface area contributed by atoms with Crippen LogP contribution in [0.5, 0.6) is 0 Å². The molecule has 0 saturated carbocycles. The first-order chi connectivity index (χ1) is 10.2. The second-order valence-corrected chi connectivity index (χ2v) is 4.38. The molecule has 0 bridgehead atoms. The Morgan fingerprint density at radius 3 is 2.86 bits per heavy atom. The van der Waals surface area contributed by atoms with Crippen LogP contribution in [0.25, 0.3) is 10.8 Å². The van der Waals surface area contributed by atoms with E-state index in [1.807, 2.05) is 24.3 Å². The van der Waals surface area contributed by atoms with Gasteiger partial charge in [-0.2, -0.15) is 10.1 Å². The van der Waals surface area contributed by atoms with E-state index < -0.39 is 0 Å². The largest absolute Gasteiger partial charge is 0.308 e. The van der Waals surface area contributed by atoms with Crippen molar-refractivity contribution in [3.8, 4) is 0 Å². The smallest absolute Gasteiger partial charge is 0.276 e. The van der Waals surface area contributed by atoms with Crippen LogP contribution in [0.4, 0.5) is 11.8 Å². The van der Waals surface area contributed by atoms with Gasteiger partial charge >= 0.3 is 0 Å². The van der Waals surface area contributed by atoms with Gasteiger partial charge in [-0.25, -0.2) is 15.5 Å². The van der Waals surface area contributed by atoms with Gasteiger partial charge in [0.25, 0.3) is 5.91 Å². The lowest BCUT2D eigenvalue weighted by Gasteiger charge is -2.08. The Labute approximate surface area is 120 Å². The van der Waals surface area contributed by atoms with Crippen LogP contribution in [0, 0.1) is 0 Å². The summed E-state index contributed by atoms with van der Waals surface area (Å²) < 4.78 is 1.46. The number of nitrogens with one attached hydrogen (secondary N) is 2. The van der Waals surface area contributed by atoms with Gasteiger partial charge in [-0.15, -0.1) is 0 Å². The van der Waals surface area contributed by atoms with Gasteiger partial charge in [0.05, 0.1) is 0 Å². The fourth-order valence-electron chi connectivity index (χ4n) is 2.00. The summed E-state index contributed by atoms with van der Waals surface area (Å²) >= 11 is 0. The molecule has 0 radical (unpaired) electrons. The van der Waals surface area contributed by atoms with E-state index in [2.05, 4.69) is 25.8 Å². The van der Waals surface area contributed by atoms with E-state index in [1.54, 1.807) is 13.1 Å². The van der Waals surface area contributed by atoms with Crippen LogP contribution in [0.15, 0.2) is 36.7 Å². The molecule has 2 heterocycles. The highest BCUT2D eigenvalue weighted by atomic mass is 16.2. The van der Waals surface area contributed by atoms with Gasteiger partial charge in [-0.05, 0) is 11.5 Å². The van der Waals surface area contributed by atoms with Crippen LogP contribution in [-0.2, 0) is 7.05 Å². The zero-order valence-electron chi connectivity index (χ0n) is 11.2. The maximum atomic E-state index is 12.3. The van der Waals surface area contributed by atoms with E-state index in [0.717, 1.165) is 10.8 Å². The van der Waals surface area contributed by atoms with Crippen LogP contribution in [-0.4, -0.2) is 25.7 Å². The number of anilines is 2. The Hall–Kier alpha value is -3.00. The molecular formula is C13H13N7O. The number of carbonyl (C=O) groups excluding carboxylic acids is 1. The molecule has 2 aromatic heterocycles. The minimum atomic E-state index is -0.381. The number of nitrogens with zero attached hydrogens (tertiary/aromatic N) is 4. The third-order valence-corrected chi connectivity index (χ3v) is 3.05. The van der Waals surface area contributed by atoms with Crippen LogP contribution in [0.1, 0.15) is 10.5 Å². The molecular weight excluding hydrogens is 270 g/mol. The molecule has 8 heteroatoms. The molecule has 1 aromatic carbocycles. The fraction of sp³-hybridized carbons (Fsp3) is 0.0769. The van der Waals surface area contributed by atoms with Crippen molar-refractivity contribution in [2.45, 2.75) is 0 Å². The summed E-state index contributed by atoms with van der Waals surface area (Å²) in [5.41, 5.74) is 2.75.